The Bertz CT molecular complexity index is 465. The Morgan fingerprint density at radius 3 is 2.95 bits per heavy atom. The van der Waals surface area contributed by atoms with Crippen LogP contribution in [0.4, 0.5) is 13.6 Å². The minimum atomic E-state index is -0.462. The van der Waals surface area contributed by atoms with Crippen LogP contribution in [0.3, 0.4) is 0 Å². The van der Waals surface area contributed by atoms with E-state index >= 15 is 0 Å². The molecule has 1 saturated heterocycles. The first-order valence-corrected chi connectivity index (χ1v) is 6.53. The molecule has 3 nitrogen and oxygen atoms in total. The van der Waals surface area contributed by atoms with Gasteiger partial charge >= 0.3 is 6.03 Å². The summed E-state index contributed by atoms with van der Waals surface area (Å²) in [5, 5.41) is 2.74. The predicted molar refractivity (Wildman–Crippen MR) is 68.8 cm³/mol. The fraction of sp³-hybridized carbons (Fsp3) is 0.500. The second-order valence-corrected chi connectivity index (χ2v) is 5.06. The first-order valence-electron chi connectivity index (χ1n) is 6.53. The zero-order valence-corrected chi connectivity index (χ0v) is 11.0. The van der Waals surface area contributed by atoms with Crippen molar-refractivity contribution in [3.05, 3.63) is 35.4 Å². The standard InChI is InChI=1S/C14H18F2N2O/c1-10-5-7-18(9-10)14(19)17-6-4-11-8-12(15)2-3-13(11)16/h2-3,8,10H,4-7,9H2,1H3,(H,17,19). The van der Waals surface area contributed by atoms with Gasteiger partial charge in [0.15, 0.2) is 0 Å². The maximum Gasteiger partial charge on any atom is 0.317 e. The van der Waals surface area contributed by atoms with Crippen molar-refractivity contribution in [3.63, 3.8) is 0 Å². The molecule has 0 saturated carbocycles. The summed E-state index contributed by atoms with van der Waals surface area (Å²) < 4.78 is 26.3. The van der Waals surface area contributed by atoms with Gasteiger partial charge in [-0.25, -0.2) is 13.6 Å². The molecule has 1 fully saturated rings. The fourth-order valence-electron chi connectivity index (χ4n) is 2.27. The maximum absolute atomic E-state index is 13.4. The average molecular weight is 268 g/mol. The van der Waals surface area contributed by atoms with Gasteiger partial charge in [-0.15, -0.1) is 0 Å². The lowest BCUT2D eigenvalue weighted by Crippen LogP contribution is -2.39. The highest BCUT2D eigenvalue weighted by molar-refractivity contribution is 5.74. The highest BCUT2D eigenvalue weighted by Crippen LogP contribution is 2.14. The number of carbonyl (C=O) groups excluding carboxylic acids is 1. The minimum Gasteiger partial charge on any atom is -0.338 e. The van der Waals surface area contributed by atoms with Crippen LogP contribution in [0.2, 0.25) is 0 Å². The molecule has 2 amide bonds. The molecular weight excluding hydrogens is 250 g/mol. The van der Waals surface area contributed by atoms with Crippen molar-refractivity contribution in [1.29, 1.82) is 0 Å². The molecule has 1 N–H and O–H groups in total. The number of halogens is 2. The highest BCUT2D eigenvalue weighted by Gasteiger charge is 2.22. The zero-order valence-electron chi connectivity index (χ0n) is 11.0. The minimum absolute atomic E-state index is 0.124. The lowest BCUT2D eigenvalue weighted by Gasteiger charge is -2.16. The van der Waals surface area contributed by atoms with Crippen LogP contribution < -0.4 is 5.32 Å². The van der Waals surface area contributed by atoms with Crippen molar-refractivity contribution in [2.75, 3.05) is 19.6 Å². The lowest BCUT2D eigenvalue weighted by atomic mass is 10.1. The van der Waals surface area contributed by atoms with Crippen LogP contribution in [0.5, 0.6) is 0 Å². The van der Waals surface area contributed by atoms with E-state index in [9.17, 15) is 13.6 Å². The molecule has 1 heterocycles. The Hall–Kier alpha value is -1.65. The van der Waals surface area contributed by atoms with Gasteiger partial charge in [-0.05, 0) is 42.5 Å². The third-order valence-corrected chi connectivity index (χ3v) is 3.39. The summed E-state index contributed by atoms with van der Waals surface area (Å²) in [5.74, 6) is -0.368. The number of carbonyl (C=O) groups is 1. The Kier molecular flexibility index (Phi) is 4.35. The third-order valence-electron chi connectivity index (χ3n) is 3.39. The Balaban J connectivity index is 1.80. The summed E-state index contributed by atoms with van der Waals surface area (Å²) >= 11 is 0. The quantitative estimate of drug-likeness (QED) is 0.897. The molecule has 1 unspecified atom stereocenters. The molecule has 0 bridgehead atoms. The first kappa shape index (κ1) is 13.8. The number of hydrogen-bond donors (Lipinski definition) is 1. The van der Waals surface area contributed by atoms with Gasteiger partial charge in [0.2, 0.25) is 0 Å². The summed E-state index contributed by atoms with van der Waals surface area (Å²) in [6.07, 6.45) is 1.31. The van der Waals surface area contributed by atoms with Gasteiger partial charge < -0.3 is 10.2 Å². The van der Waals surface area contributed by atoms with E-state index in [1.807, 2.05) is 0 Å². The molecule has 19 heavy (non-hydrogen) atoms. The summed E-state index contributed by atoms with van der Waals surface area (Å²) in [6.45, 7) is 3.95. The number of hydrogen-bond acceptors (Lipinski definition) is 1. The molecule has 1 aliphatic heterocycles. The fourth-order valence-corrected chi connectivity index (χ4v) is 2.27. The van der Waals surface area contributed by atoms with Gasteiger partial charge in [-0.3, -0.25) is 0 Å². The molecule has 2 rings (SSSR count). The van der Waals surface area contributed by atoms with Crippen LogP contribution in [0.15, 0.2) is 18.2 Å². The highest BCUT2D eigenvalue weighted by atomic mass is 19.1. The topological polar surface area (TPSA) is 32.3 Å². The van der Waals surface area contributed by atoms with E-state index < -0.39 is 11.6 Å². The SMILES string of the molecule is CC1CCN(C(=O)NCCc2cc(F)ccc2F)C1. The zero-order chi connectivity index (χ0) is 13.8. The number of likely N-dealkylation sites (tertiary alicyclic amines) is 1. The Morgan fingerprint density at radius 1 is 1.47 bits per heavy atom. The smallest absolute Gasteiger partial charge is 0.317 e. The summed E-state index contributed by atoms with van der Waals surface area (Å²) in [7, 11) is 0. The van der Waals surface area contributed by atoms with E-state index in [1.54, 1.807) is 4.90 Å². The van der Waals surface area contributed by atoms with Crippen molar-refractivity contribution in [3.8, 4) is 0 Å². The monoisotopic (exact) mass is 268 g/mol. The Morgan fingerprint density at radius 2 is 2.26 bits per heavy atom. The van der Waals surface area contributed by atoms with Crippen LogP contribution in [0.1, 0.15) is 18.9 Å². The van der Waals surface area contributed by atoms with Crippen LogP contribution in [-0.4, -0.2) is 30.6 Å². The lowest BCUT2D eigenvalue weighted by molar-refractivity contribution is 0.207. The van der Waals surface area contributed by atoms with Gasteiger partial charge in [-0.2, -0.15) is 0 Å². The maximum atomic E-state index is 13.4. The van der Waals surface area contributed by atoms with E-state index in [0.29, 0.717) is 18.9 Å². The molecule has 1 atom stereocenters. The van der Waals surface area contributed by atoms with Crippen LogP contribution in [-0.2, 0) is 6.42 Å². The molecule has 0 aromatic heterocycles. The van der Waals surface area contributed by atoms with Crippen molar-refractivity contribution < 1.29 is 13.6 Å². The molecule has 1 aromatic carbocycles. The predicted octanol–water partition coefficient (Wildman–Crippen LogP) is 2.56. The molecule has 104 valence electrons. The van der Waals surface area contributed by atoms with Crippen molar-refractivity contribution in [2.24, 2.45) is 5.92 Å². The number of urea groups is 1. The van der Waals surface area contributed by atoms with E-state index in [0.717, 1.165) is 31.6 Å². The summed E-state index contributed by atoms with van der Waals surface area (Å²) in [5.41, 5.74) is 0.287. The van der Waals surface area contributed by atoms with Gasteiger partial charge in [0, 0.05) is 19.6 Å². The number of nitrogens with one attached hydrogen (secondary N) is 1. The van der Waals surface area contributed by atoms with Crippen molar-refractivity contribution in [1.82, 2.24) is 10.2 Å². The van der Waals surface area contributed by atoms with Crippen LogP contribution >= 0.6 is 0 Å². The molecule has 0 spiro atoms. The first-order chi connectivity index (χ1) is 9.06. The van der Waals surface area contributed by atoms with Crippen LogP contribution in [0, 0.1) is 17.6 Å². The third kappa shape index (κ3) is 3.66. The number of rotatable bonds is 3. The Labute approximate surface area is 111 Å². The van der Waals surface area contributed by atoms with Crippen molar-refractivity contribution >= 4 is 6.03 Å². The van der Waals surface area contributed by atoms with Crippen LogP contribution in [0.25, 0.3) is 0 Å². The second kappa shape index (κ2) is 5.99. The van der Waals surface area contributed by atoms with E-state index in [-0.39, 0.29) is 11.6 Å². The average Bonchev–Trinajstić information content (AvgIpc) is 2.80. The van der Waals surface area contributed by atoms with E-state index in [2.05, 4.69) is 12.2 Å². The molecule has 1 aliphatic rings. The number of amides is 2. The van der Waals surface area contributed by atoms with Gasteiger partial charge in [-0.1, -0.05) is 6.92 Å². The van der Waals surface area contributed by atoms with Gasteiger partial charge in [0.1, 0.15) is 11.6 Å². The molecular formula is C14H18F2N2O. The molecule has 1 aromatic rings. The molecule has 0 radical (unpaired) electrons. The number of nitrogens with zero attached hydrogens (tertiary/aromatic N) is 1. The summed E-state index contributed by atoms with van der Waals surface area (Å²) in [4.78, 5) is 13.5. The van der Waals surface area contributed by atoms with Gasteiger partial charge in [0.25, 0.3) is 0 Å². The van der Waals surface area contributed by atoms with E-state index in [1.165, 1.54) is 6.07 Å². The van der Waals surface area contributed by atoms with E-state index in [4.69, 9.17) is 0 Å². The largest absolute Gasteiger partial charge is 0.338 e. The second-order valence-electron chi connectivity index (χ2n) is 5.06. The number of benzene rings is 1. The molecule has 5 heteroatoms. The van der Waals surface area contributed by atoms with Crippen molar-refractivity contribution in [2.45, 2.75) is 19.8 Å². The molecule has 0 aliphatic carbocycles. The normalized spacial score (nSPS) is 18.7. The van der Waals surface area contributed by atoms with Gasteiger partial charge in [0.05, 0.1) is 0 Å². The summed E-state index contributed by atoms with van der Waals surface area (Å²) in [6, 6.07) is 3.23.